The fourth-order valence-corrected chi connectivity index (χ4v) is 3.78. The minimum Gasteiger partial charge on any atom is -0.507 e. The van der Waals surface area contributed by atoms with Gasteiger partial charge in [0, 0.05) is 24.7 Å². The molecule has 0 saturated carbocycles. The summed E-state index contributed by atoms with van der Waals surface area (Å²) in [6, 6.07) is 27.7. The van der Waals surface area contributed by atoms with Crippen molar-refractivity contribution in [2.24, 2.45) is 0 Å². The second-order valence-electron chi connectivity index (χ2n) is 8.55. The molecular formula is C30H26N2O6. The molecule has 0 radical (unpaired) electrons. The lowest BCUT2D eigenvalue weighted by atomic mass is 10.1. The molecule has 0 bridgehead atoms. The van der Waals surface area contributed by atoms with E-state index in [4.69, 9.17) is 4.74 Å². The minimum atomic E-state index is -1.29. The molecule has 4 aromatic rings. The molecule has 0 heterocycles. The largest absolute Gasteiger partial charge is 0.507 e. The molecule has 0 unspecified atom stereocenters. The van der Waals surface area contributed by atoms with E-state index in [1.807, 2.05) is 54.6 Å². The monoisotopic (exact) mass is 510 g/mol. The van der Waals surface area contributed by atoms with E-state index >= 15 is 0 Å². The zero-order chi connectivity index (χ0) is 27.1. The van der Waals surface area contributed by atoms with Gasteiger partial charge in [-0.25, -0.2) is 4.79 Å². The zero-order valence-corrected chi connectivity index (χ0v) is 20.6. The number of amides is 2. The van der Waals surface area contributed by atoms with Gasteiger partial charge >= 0.3 is 5.97 Å². The number of nitrogens with zero attached hydrogens (tertiary/aromatic N) is 1. The van der Waals surface area contributed by atoms with Crippen molar-refractivity contribution in [3.8, 4) is 17.2 Å². The van der Waals surface area contributed by atoms with Gasteiger partial charge in [-0.1, -0.05) is 42.5 Å². The van der Waals surface area contributed by atoms with Gasteiger partial charge in [0.1, 0.15) is 22.8 Å². The van der Waals surface area contributed by atoms with Gasteiger partial charge in [0.15, 0.2) is 0 Å². The van der Waals surface area contributed by atoms with E-state index in [1.165, 1.54) is 30.0 Å². The van der Waals surface area contributed by atoms with Crippen LogP contribution in [0.5, 0.6) is 17.2 Å². The molecular weight excluding hydrogens is 484 g/mol. The quantitative estimate of drug-likeness (QED) is 0.279. The maximum absolute atomic E-state index is 12.6. The van der Waals surface area contributed by atoms with Crippen molar-refractivity contribution in [1.29, 1.82) is 0 Å². The molecule has 8 nitrogen and oxygen atoms in total. The Morgan fingerprint density at radius 1 is 0.816 bits per heavy atom. The maximum Gasteiger partial charge on any atom is 0.339 e. The van der Waals surface area contributed by atoms with Gasteiger partial charge in [0.25, 0.3) is 5.91 Å². The van der Waals surface area contributed by atoms with Gasteiger partial charge in [-0.2, -0.15) is 0 Å². The third kappa shape index (κ3) is 6.55. The van der Waals surface area contributed by atoms with Crippen LogP contribution in [-0.4, -0.2) is 28.0 Å². The Morgan fingerprint density at radius 2 is 1.45 bits per heavy atom. The predicted octanol–water partition coefficient (Wildman–Crippen LogP) is 5.37. The first-order chi connectivity index (χ1) is 18.3. The summed E-state index contributed by atoms with van der Waals surface area (Å²) in [5.74, 6) is -0.760. The number of carboxylic acid groups (broad SMARTS) is 1. The Morgan fingerprint density at radius 3 is 2.08 bits per heavy atom. The van der Waals surface area contributed by atoms with Crippen LogP contribution in [-0.2, 0) is 17.9 Å². The summed E-state index contributed by atoms with van der Waals surface area (Å²) >= 11 is 0. The first-order valence-electron chi connectivity index (χ1n) is 11.8. The lowest BCUT2D eigenvalue weighted by molar-refractivity contribution is -0.116. The van der Waals surface area contributed by atoms with Crippen LogP contribution in [0, 0.1) is 0 Å². The summed E-state index contributed by atoms with van der Waals surface area (Å²) in [6.07, 6.45) is 0. The number of hydrogen-bond acceptors (Lipinski definition) is 5. The van der Waals surface area contributed by atoms with Crippen molar-refractivity contribution in [3.05, 3.63) is 119 Å². The summed E-state index contributed by atoms with van der Waals surface area (Å²) in [5.41, 5.74) is 2.18. The topological polar surface area (TPSA) is 116 Å². The number of aromatic hydroxyl groups is 1. The van der Waals surface area contributed by atoms with Crippen molar-refractivity contribution >= 4 is 23.5 Å². The average molecular weight is 511 g/mol. The fourth-order valence-electron chi connectivity index (χ4n) is 3.78. The third-order valence-electron chi connectivity index (χ3n) is 5.81. The molecule has 0 saturated heterocycles. The summed E-state index contributed by atoms with van der Waals surface area (Å²) in [7, 11) is 0. The molecule has 0 aliphatic rings. The third-order valence-corrected chi connectivity index (χ3v) is 5.81. The number of anilines is 1. The average Bonchev–Trinajstić information content (AvgIpc) is 2.92. The predicted molar refractivity (Wildman–Crippen MR) is 143 cm³/mol. The maximum atomic E-state index is 12.6. The molecule has 8 heteroatoms. The van der Waals surface area contributed by atoms with E-state index in [2.05, 4.69) is 5.32 Å². The molecule has 0 aliphatic heterocycles. The molecule has 0 aromatic heterocycles. The van der Waals surface area contributed by atoms with Crippen LogP contribution in [0.25, 0.3) is 0 Å². The summed E-state index contributed by atoms with van der Waals surface area (Å²) < 4.78 is 5.78. The van der Waals surface area contributed by atoms with Crippen molar-refractivity contribution in [1.82, 2.24) is 5.32 Å². The Balaban J connectivity index is 1.35. The van der Waals surface area contributed by atoms with Gasteiger partial charge < -0.3 is 25.2 Å². The number of benzene rings is 4. The van der Waals surface area contributed by atoms with Crippen LogP contribution in [0.15, 0.2) is 97.1 Å². The van der Waals surface area contributed by atoms with E-state index in [9.17, 15) is 24.6 Å². The highest BCUT2D eigenvalue weighted by atomic mass is 16.5. The van der Waals surface area contributed by atoms with Gasteiger partial charge in [0.2, 0.25) is 5.91 Å². The molecule has 0 atom stereocenters. The molecule has 38 heavy (non-hydrogen) atoms. The molecule has 0 aliphatic carbocycles. The number of aromatic carboxylic acids is 1. The highest BCUT2D eigenvalue weighted by Gasteiger charge is 2.17. The van der Waals surface area contributed by atoms with Crippen molar-refractivity contribution < 1.29 is 29.3 Å². The second kappa shape index (κ2) is 11.7. The molecule has 4 rings (SSSR count). The number of carbonyl (C=O) groups is 3. The number of rotatable bonds is 9. The van der Waals surface area contributed by atoms with E-state index in [0.29, 0.717) is 23.5 Å². The van der Waals surface area contributed by atoms with E-state index < -0.39 is 5.97 Å². The Labute approximate surface area is 219 Å². The Hall–Kier alpha value is -5.11. The van der Waals surface area contributed by atoms with Gasteiger partial charge in [-0.3, -0.25) is 9.59 Å². The molecule has 4 aromatic carbocycles. The first kappa shape index (κ1) is 26.0. The normalized spacial score (nSPS) is 10.4. The summed E-state index contributed by atoms with van der Waals surface area (Å²) in [5, 5.41) is 21.9. The molecule has 0 fully saturated rings. The number of carbonyl (C=O) groups excluding carboxylic acids is 2. The van der Waals surface area contributed by atoms with Crippen LogP contribution in [0.1, 0.15) is 38.8 Å². The number of hydrogen-bond donors (Lipinski definition) is 3. The fraction of sp³-hybridized carbons (Fsp3) is 0.100. The van der Waals surface area contributed by atoms with Gasteiger partial charge in [-0.05, 0) is 65.7 Å². The van der Waals surface area contributed by atoms with Crippen LogP contribution in [0.3, 0.4) is 0 Å². The van der Waals surface area contributed by atoms with E-state index in [0.717, 1.165) is 16.9 Å². The Kier molecular flexibility index (Phi) is 8.03. The lowest BCUT2D eigenvalue weighted by Gasteiger charge is -2.22. The smallest absolute Gasteiger partial charge is 0.339 e. The van der Waals surface area contributed by atoms with Gasteiger partial charge in [0.05, 0.1) is 6.54 Å². The molecule has 2 amide bonds. The highest BCUT2D eigenvalue weighted by Crippen LogP contribution is 2.26. The molecule has 0 spiro atoms. The number of phenols is 1. The SMILES string of the molecule is CC(=O)N(Cc1ccc(C(=O)NCc2ccc(Oc3ccccc3)cc2)cc1)c1ccc(O)c(C(=O)O)c1. The highest BCUT2D eigenvalue weighted by molar-refractivity contribution is 5.96. The summed E-state index contributed by atoms with van der Waals surface area (Å²) in [4.78, 5) is 37.6. The minimum absolute atomic E-state index is 0.165. The summed E-state index contributed by atoms with van der Waals surface area (Å²) in [6.45, 7) is 1.88. The van der Waals surface area contributed by atoms with Crippen LogP contribution in [0.4, 0.5) is 5.69 Å². The van der Waals surface area contributed by atoms with E-state index in [-0.39, 0.29) is 29.7 Å². The molecule has 3 N–H and O–H groups in total. The zero-order valence-electron chi connectivity index (χ0n) is 20.6. The number of nitrogens with one attached hydrogen (secondary N) is 1. The number of ether oxygens (including phenoxy) is 1. The van der Waals surface area contributed by atoms with Crippen molar-refractivity contribution in [2.75, 3.05) is 4.90 Å². The van der Waals surface area contributed by atoms with Crippen LogP contribution >= 0.6 is 0 Å². The van der Waals surface area contributed by atoms with Crippen LogP contribution in [0.2, 0.25) is 0 Å². The first-order valence-corrected chi connectivity index (χ1v) is 11.8. The van der Waals surface area contributed by atoms with E-state index in [1.54, 1.807) is 24.3 Å². The number of para-hydroxylation sites is 1. The van der Waals surface area contributed by atoms with Crippen molar-refractivity contribution in [2.45, 2.75) is 20.0 Å². The van der Waals surface area contributed by atoms with Gasteiger partial charge in [-0.15, -0.1) is 0 Å². The Bertz CT molecular complexity index is 1430. The molecule has 192 valence electrons. The number of carboxylic acids is 1. The second-order valence-corrected chi connectivity index (χ2v) is 8.55. The lowest BCUT2D eigenvalue weighted by Crippen LogP contribution is -2.28. The van der Waals surface area contributed by atoms with Crippen molar-refractivity contribution in [3.63, 3.8) is 0 Å². The standard InChI is InChI=1S/C30H26N2O6/c1-20(33)32(24-13-16-28(34)27(17-24)30(36)37)19-22-7-11-23(12-8-22)29(35)31-18-21-9-14-26(15-10-21)38-25-5-3-2-4-6-25/h2-17,34H,18-19H2,1H3,(H,31,35)(H,36,37). The van der Waals surface area contributed by atoms with Crippen LogP contribution < -0.4 is 15.0 Å².